The Hall–Kier alpha value is -2.53. The van der Waals surface area contributed by atoms with Crippen LogP contribution in [0.3, 0.4) is 0 Å². The molecule has 148 valence electrons. The highest BCUT2D eigenvalue weighted by atomic mass is 35.5. The largest absolute Gasteiger partial charge is 0.339 e. The van der Waals surface area contributed by atoms with Gasteiger partial charge < -0.3 is 15.5 Å². The number of nitrogens with one attached hydrogen (secondary N) is 2. The minimum atomic E-state index is -0.831. The third kappa shape index (κ3) is 5.04. The standard InChI is InChI=1S/C22H26ClN3O2/c1-26(16-18-9-11-19(23)12-10-18)20(27)22(13-5-6-14-22)25-21(28)24-15-17-7-3-2-4-8-17/h2-4,7-12H,5-6,13-16H2,1H3,(H2,24,25,28). The maximum Gasteiger partial charge on any atom is 0.315 e. The minimum Gasteiger partial charge on any atom is -0.339 e. The van der Waals surface area contributed by atoms with Gasteiger partial charge in [0.2, 0.25) is 5.91 Å². The molecule has 0 unspecified atom stereocenters. The van der Waals surface area contributed by atoms with Crippen LogP contribution in [-0.2, 0) is 17.9 Å². The number of halogens is 1. The molecule has 0 atom stereocenters. The summed E-state index contributed by atoms with van der Waals surface area (Å²) in [6.07, 6.45) is 3.18. The van der Waals surface area contributed by atoms with E-state index in [-0.39, 0.29) is 11.9 Å². The van der Waals surface area contributed by atoms with Gasteiger partial charge in [0.15, 0.2) is 0 Å². The van der Waals surface area contributed by atoms with Gasteiger partial charge in [-0.1, -0.05) is 66.9 Å². The van der Waals surface area contributed by atoms with E-state index in [1.165, 1.54) is 0 Å². The zero-order valence-electron chi connectivity index (χ0n) is 16.1. The first-order chi connectivity index (χ1) is 13.5. The summed E-state index contributed by atoms with van der Waals surface area (Å²) in [5.74, 6) is -0.0465. The first kappa shape index (κ1) is 20.2. The molecule has 5 nitrogen and oxygen atoms in total. The predicted molar refractivity (Wildman–Crippen MR) is 111 cm³/mol. The molecule has 0 spiro atoms. The van der Waals surface area contributed by atoms with Crippen molar-refractivity contribution in [1.29, 1.82) is 0 Å². The number of benzene rings is 2. The van der Waals surface area contributed by atoms with E-state index in [2.05, 4.69) is 10.6 Å². The minimum absolute atomic E-state index is 0.0465. The Labute approximate surface area is 171 Å². The molecular weight excluding hydrogens is 374 g/mol. The summed E-state index contributed by atoms with van der Waals surface area (Å²) < 4.78 is 0. The molecule has 3 rings (SSSR count). The van der Waals surface area contributed by atoms with Gasteiger partial charge in [0.05, 0.1) is 0 Å². The van der Waals surface area contributed by atoms with Crippen LogP contribution in [0, 0.1) is 0 Å². The lowest BCUT2D eigenvalue weighted by Gasteiger charge is -2.33. The summed E-state index contributed by atoms with van der Waals surface area (Å²) >= 11 is 5.93. The van der Waals surface area contributed by atoms with E-state index in [1.54, 1.807) is 11.9 Å². The van der Waals surface area contributed by atoms with Crippen LogP contribution < -0.4 is 10.6 Å². The Kier molecular flexibility index (Phi) is 6.57. The zero-order chi connectivity index (χ0) is 20.0. The van der Waals surface area contributed by atoms with Gasteiger partial charge in [-0.3, -0.25) is 4.79 Å². The summed E-state index contributed by atoms with van der Waals surface area (Å²) in [6.45, 7) is 0.905. The maximum atomic E-state index is 13.2. The monoisotopic (exact) mass is 399 g/mol. The molecule has 2 aromatic carbocycles. The molecule has 0 aliphatic heterocycles. The zero-order valence-corrected chi connectivity index (χ0v) is 16.8. The van der Waals surface area contributed by atoms with Crippen LogP contribution in [0.25, 0.3) is 0 Å². The summed E-state index contributed by atoms with van der Waals surface area (Å²) in [4.78, 5) is 27.4. The number of carbonyl (C=O) groups excluding carboxylic acids is 2. The van der Waals surface area contributed by atoms with Crippen LogP contribution in [0.2, 0.25) is 5.02 Å². The number of carbonyl (C=O) groups is 2. The van der Waals surface area contributed by atoms with Gasteiger partial charge in [-0.05, 0) is 36.1 Å². The van der Waals surface area contributed by atoms with Crippen LogP contribution in [0.5, 0.6) is 0 Å². The van der Waals surface area contributed by atoms with E-state index in [1.807, 2.05) is 54.6 Å². The fourth-order valence-electron chi connectivity index (χ4n) is 3.71. The lowest BCUT2D eigenvalue weighted by molar-refractivity contribution is -0.137. The summed E-state index contributed by atoms with van der Waals surface area (Å²) in [6, 6.07) is 16.9. The maximum absolute atomic E-state index is 13.2. The molecule has 1 aliphatic carbocycles. The molecule has 1 saturated carbocycles. The number of amides is 3. The molecule has 0 bridgehead atoms. The Morgan fingerprint density at radius 3 is 2.29 bits per heavy atom. The average Bonchev–Trinajstić information content (AvgIpc) is 3.18. The van der Waals surface area contributed by atoms with Crippen LogP contribution in [0.15, 0.2) is 54.6 Å². The first-order valence-electron chi connectivity index (χ1n) is 9.58. The van der Waals surface area contributed by atoms with Crippen molar-refractivity contribution in [3.8, 4) is 0 Å². The molecular formula is C22H26ClN3O2. The lowest BCUT2D eigenvalue weighted by atomic mass is 9.95. The van der Waals surface area contributed by atoms with Crippen LogP contribution in [0.4, 0.5) is 4.79 Å². The average molecular weight is 400 g/mol. The van der Waals surface area contributed by atoms with E-state index >= 15 is 0 Å². The fraction of sp³-hybridized carbons (Fsp3) is 0.364. The van der Waals surface area contributed by atoms with E-state index in [0.29, 0.717) is 31.0 Å². The van der Waals surface area contributed by atoms with Crippen molar-refractivity contribution in [1.82, 2.24) is 15.5 Å². The molecule has 28 heavy (non-hydrogen) atoms. The highest BCUT2D eigenvalue weighted by Crippen LogP contribution is 2.31. The van der Waals surface area contributed by atoms with Gasteiger partial charge in [-0.2, -0.15) is 0 Å². The van der Waals surface area contributed by atoms with Gasteiger partial charge in [-0.15, -0.1) is 0 Å². The molecule has 1 aliphatic rings. The summed E-state index contributed by atoms with van der Waals surface area (Å²) in [7, 11) is 1.78. The van der Waals surface area contributed by atoms with E-state index in [0.717, 1.165) is 24.0 Å². The Balaban J connectivity index is 1.62. The molecule has 0 heterocycles. The second-order valence-corrected chi connectivity index (χ2v) is 7.81. The van der Waals surface area contributed by atoms with Crippen molar-refractivity contribution in [2.24, 2.45) is 0 Å². The SMILES string of the molecule is CN(Cc1ccc(Cl)cc1)C(=O)C1(NC(=O)NCc2ccccc2)CCCC1. The van der Waals surface area contributed by atoms with Crippen molar-refractivity contribution >= 4 is 23.5 Å². The molecule has 6 heteroatoms. The van der Waals surface area contributed by atoms with Gasteiger partial charge in [0.1, 0.15) is 5.54 Å². The van der Waals surface area contributed by atoms with Crippen molar-refractivity contribution in [2.75, 3.05) is 7.05 Å². The summed E-state index contributed by atoms with van der Waals surface area (Å²) in [5, 5.41) is 6.51. The topological polar surface area (TPSA) is 61.4 Å². The lowest BCUT2D eigenvalue weighted by Crippen LogP contribution is -2.59. The number of likely N-dealkylation sites (N-methyl/N-ethyl adjacent to an activating group) is 1. The quantitative estimate of drug-likeness (QED) is 0.767. The Bertz CT molecular complexity index is 802. The summed E-state index contributed by atoms with van der Waals surface area (Å²) in [5.41, 5.74) is 1.19. The normalized spacial score (nSPS) is 15.1. The third-order valence-electron chi connectivity index (χ3n) is 5.19. The van der Waals surface area contributed by atoms with Crippen molar-refractivity contribution in [3.63, 3.8) is 0 Å². The van der Waals surface area contributed by atoms with Crippen LogP contribution in [-0.4, -0.2) is 29.4 Å². The van der Waals surface area contributed by atoms with E-state index in [9.17, 15) is 9.59 Å². The van der Waals surface area contributed by atoms with Gasteiger partial charge in [0, 0.05) is 25.2 Å². The van der Waals surface area contributed by atoms with E-state index < -0.39 is 5.54 Å². The number of rotatable bonds is 6. The van der Waals surface area contributed by atoms with Crippen molar-refractivity contribution in [2.45, 2.75) is 44.3 Å². The first-order valence-corrected chi connectivity index (χ1v) is 9.96. The van der Waals surface area contributed by atoms with Crippen molar-refractivity contribution in [3.05, 3.63) is 70.7 Å². The van der Waals surface area contributed by atoms with Gasteiger partial charge in [0.25, 0.3) is 0 Å². The Morgan fingerprint density at radius 1 is 1.00 bits per heavy atom. The number of hydrogen-bond acceptors (Lipinski definition) is 2. The van der Waals surface area contributed by atoms with Crippen molar-refractivity contribution < 1.29 is 9.59 Å². The number of urea groups is 1. The van der Waals surface area contributed by atoms with Crippen LogP contribution >= 0.6 is 11.6 Å². The second kappa shape index (κ2) is 9.11. The number of nitrogens with zero attached hydrogens (tertiary/aromatic N) is 1. The highest BCUT2D eigenvalue weighted by Gasteiger charge is 2.44. The smallest absolute Gasteiger partial charge is 0.315 e. The molecule has 0 aromatic heterocycles. The van der Waals surface area contributed by atoms with E-state index in [4.69, 9.17) is 11.6 Å². The number of hydrogen-bond donors (Lipinski definition) is 2. The molecule has 2 N–H and O–H groups in total. The fourth-order valence-corrected chi connectivity index (χ4v) is 3.84. The second-order valence-electron chi connectivity index (χ2n) is 7.37. The molecule has 1 fully saturated rings. The van der Waals surface area contributed by atoms with Crippen LogP contribution in [0.1, 0.15) is 36.8 Å². The molecule has 3 amide bonds. The highest BCUT2D eigenvalue weighted by molar-refractivity contribution is 6.30. The van der Waals surface area contributed by atoms with Gasteiger partial charge in [-0.25, -0.2) is 4.79 Å². The molecule has 0 radical (unpaired) electrons. The third-order valence-corrected chi connectivity index (χ3v) is 5.45. The molecule has 2 aromatic rings. The Morgan fingerprint density at radius 2 is 1.64 bits per heavy atom. The van der Waals surface area contributed by atoms with Gasteiger partial charge >= 0.3 is 6.03 Å². The predicted octanol–water partition coefficient (Wildman–Crippen LogP) is 4.11. The molecule has 0 saturated heterocycles.